The molecule has 2 atom stereocenters. The van der Waals surface area contributed by atoms with Crippen molar-refractivity contribution in [2.24, 2.45) is 5.73 Å². The molecule has 1 aliphatic rings. The molecule has 2 aromatic carbocycles. The van der Waals surface area contributed by atoms with E-state index in [0.29, 0.717) is 18.0 Å². The molecule has 2 aromatic rings. The number of nitrogens with two attached hydrogens (primary N) is 1. The van der Waals surface area contributed by atoms with Gasteiger partial charge in [0.05, 0.1) is 29.6 Å². The predicted octanol–water partition coefficient (Wildman–Crippen LogP) is 5.72. The summed E-state index contributed by atoms with van der Waals surface area (Å²) < 4.78 is 5.91. The highest BCUT2D eigenvalue weighted by Gasteiger charge is 2.29. The lowest BCUT2D eigenvalue weighted by molar-refractivity contribution is -0.138. The molecule has 2 amide bonds. The number of nitrogens with zero attached hydrogens (tertiary/aromatic N) is 1. The first-order valence-electron chi connectivity index (χ1n) is 12.0. The van der Waals surface area contributed by atoms with Crippen LogP contribution < -0.4 is 16.0 Å². The molecule has 0 aromatic heterocycles. The first-order valence-corrected chi connectivity index (χ1v) is 12.0. The highest BCUT2D eigenvalue weighted by molar-refractivity contribution is 6.02. The van der Waals surface area contributed by atoms with Crippen LogP contribution in [-0.4, -0.2) is 35.9 Å². The number of para-hydroxylation sites is 1. The van der Waals surface area contributed by atoms with Crippen LogP contribution in [0.4, 0.5) is 21.9 Å². The van der Waals surface area contributed by atoms with Gasteiger partial charge in [-0.2, -0.15) is 0 Å². The Morgan fingerprint density at radius 3 is 2.59 bits per heavy atom. The molecular formula is C27H37N3O4. The second-order valence-corrected chi connectivity index (χ2v) is 9.79. The second kappa shape index (κ2) is 10.9. The average Bonchev–Trinajstić information content (AvgIpc) is 2.75. The quantitative estimate of drug-likeness (QED) is 0.437. The number of primary amides is 1. The van der Waals surface area contributed by atoms with Gasteiger partial charge in [0.1, 0.15) is 0 Å². The van der Waals surface area contributed by atoms with Crippen LogP contribution in [0.5, 0.6) is 0 Å². The second-order valence-electron chi connectivity index (χ2n) is 9.79. The lowest BCUT2D eigenvalue weighted by atomic mass is 9.81. The number of amides is 2. The molecule has 4 N–H and O–H groups in total. The molecule has 7 nitrogen and oxygen atoms in total. The molecule has 1 heterocycles. The summed E-state index contributed by atoms with van der Waals surface area (Å²) in [5.41, 5.74) is 9.14. The van der Waals surface area contributed by atoms with Crippen molar-refractivity contribution in [1.29, 1.82) is 0 Å². The Kier molecular flexibility index (Phi) is 8.20. The molecule has 0 spiro atoms. The van der Waals surface area contributed by atoms with Crippen molar-refractivity contribution in [1.82, 2.24) is 0 Å². The van der Waals surface area contributed by atoms with Crippen LogP contribution in [-0.2, 0) is 14.9 Å². The topological polar surface area (TPSA) is 105 Å². The number of benzene rings is 2. The first-order chi connectivity index (χ1) is 16.1. The normalized spacial score (nSPS) is 18.4. The molecule has 184 valence electrons. The van der Waals surface area contributed by atoms with Gasteiger partial charge in [0.2, 0.25) is 0 Å². The van der Waals surface area contributed by atoms with Gasteiger partial charge in [-0.15, -0.1) is 0 Å². The zero-order valence-corrected chi connectivity index (χ0v) is 20.6. The number of ether oxygens (including phenoxy) is 1. The number of carbonyl (C=O) groups excluding carboxylic acids is 1. The third-order valence-electron chi connectivity index (χ3n) is 6.53. The number of hydrogen-bond acceptors (Lipinski definition) is 4. The van der Waals surface area contributed by atoms with E-state index in [1.54, 1.807) is 0 Å². The smallest absolute Gasteiger partial charge is 0.323 e. The maximum atomic E-state index is 12.8. The van der Waals surface area contributed by atoms with E-state index in [4.69, 9.17) is 10.5 Å². The lowest BCUT2D eigenvalue weighted by Gasteiger charge is -2.33. The Balaban J connectivity index is 2.07. The zero-order valence-electron chi connectivity index (χ0n) is 20.6. The molecule has 0 radical (unpaired) electrons. The van der Waals surface area contributed by atoms with Crippen molar-refractivity contribution >= 4 is 29.1 Å². The number of carboxylic acids is 1. The van der Waals surface area contributed by atoms with Gasteiger partial charge in [-0.1, -0.05) is 51.5 Å². The number of aryl methyl sites for hydroxylation is 1. The summed E-state index contributed by atoms with van der Waals surface area (Å²) in [5.74, 6) is -0.872. The molecule has 0 aliphatic carbocycles. The zero-order chi connectivity index (χ0) is 24.9. The average molecular weight is 468 g/mol. The van der Waals surface area contributed by atoms with Crippen molar-refractivity contribution < 1.29 is 19.4 Å². The van der Waals surface area contributed by atoms with Gasteiger partial charge in [-0.3, -0.25) is 9.69 Å². The molecule has 1 aliphatic heterocycles. The summed E-state index contributed by atoms with van der Waals surface area (Å²) in [5, 5.41) is 13.1. The van der Waals surface area contributed by atoms with Gasteiger partial charge < -0.3 is 20.9 Å². The Bertz CT molecular complexity index is 1020. The summed E-state index contributed by atoms with van der Waals surface area (Å²) in [6, 6.07) is 13.0. The van der Waals surface area contributed by atoms with Crippen molar-refractivity contribution in [2.75, 3.05) is 16.8 Å². The number of carboxylic acid groups (broad SMARTS) is 1. The molecule has 1 fully saturated rings. The van der Waals surface area contributed by atoms with Gasteiger partial charge in [0.15, 0.2) is 0 Å². The number of aliphatic carboxylic acids is 1. The maximum Gasteiger partial charge on any atom is 0.323 e. The van der Waals surface area contributed by atoms with E-state index < -0.39 is 17.4 Å². The summed E-state index contributed by atoms with van der Waals surface area (Å²) in [4.78, 5) is 25.8. The highest BCUT2D eigenvalue weighted by Crippen LogP contribution is 2.39. The van der Waals surface area contributed by atoms with Crippen molar-refractivity contribution in [3.8, 4) is 0 Å². The fraction of sp³-hybridized carbons (Fsp3) is 0.481. The fourth-order valence-corrected chi connectivity index (χ4v) is 4.68. The van der Waals surface area contributed by atoms with Gasteiger partial charge in [0.25, 0.3) is 0 Å². The number of urea groups is 1. The van der Waals surface area contributed by atoms with E-state index in [2.05, 4.69) is 12.2 Å². The van der Waals surface area contributed by atoms with E-state index >= 15 is 0 Å². The maximum absolute atomic E-state index is 12.8. The molecule has 1 saturated heterocycles. The SMILES string of the molecule is CCCC1CC(Nc2ccc(C(C)(C)CC(=O)O)cc2N(C(N)=O)c2ccccc2C)CCO1. The Labute approximate surface area is 202 Å². The minimum absolute atomic E-state index is 0.0290. The standard InChI is InChI=1S/C27H37N3O4/c1-5-8-21-16-20(13-14-34-21)29-22-12-11-19(27(3,4)17-25(31)32)15-24(22)30(26(28)33)23-10-7-6-9-18(23)2/h6-7,9-12,15,20-21,29H,5,8,13-14,16-17H2,1-4H3,(H2,28,33)(H,31,32). The van der Waals surface area contributed by atoms with E-state index in [9.17, 15) is 14.7 Å². The number of carbonyl (C=O) groups is 2. The molecule has 0 saturated carbocycles. The van der Waals surface area contributed by atoms with Crippen LogP contribution in [0.25, 0.3) is 0 Å². The minimum Gasteiger partial charge on any atom is -0.481 e. The molecule has 7 heteroatoms. The van der Waals surface area contributed by atoms with E-state index in [1.165, 1.54) is 4.90 Å². The van der Waals surface area contributed by atoms with Crippen molar-refractivity contribution in [3.05, 3.63) is 53.6 Å². The van der Waals surface area contributed by atoms with Crippen LogP contribution in [0.3, 0.4) is 0 Å². The molecule has 3 rings (SSSR count). The van der Waals surface area contributed by atoms with Gasteiger partial charge in [0, 0.05) is 18.1 Å². The summed E-state index contributed by atoms with van der Waals surface area (Å²) in [6.07, 6.45) is 4.03. The lowest BCUT2D eigenvalue weighted by Crippen LogP contribution is -2.36. The number of rotatable bonds is 9. The molecule has 0 bridgehead atoms. The van der Waals surface area contributed by atoms with Crippen LogP contribution in [0.2, 0.25) is 0 Å². The van der Waals surface area contributed by atoms with Crippen LogP contribution in [0, 0.1) is 6.92 Å². The molecule has 34 heavy (non-hydrogen) atoms. The van der Waals surface area contributed by atoms with Gasteiger partial charge >= 0.3 is 12.0 Å². The van der Waals surface area contributed by atoms with Crippen LogP contribution in [0.1, 0.15) is 64.0 Å². The first kappa shape index (κ1) is 25.6. The Morgan fingerprint density at radius 2 is 1.94 bits per heavy atom. The monoisotopic (exact) mass is 467 g/mol. The third-order valence-corrected chi connectivity index (χ3v) is 6.53. The van der Waals surface area contributed by atoms with E-state index in [0.717, 1.165) is 42.5 Å². The van der Waals surface area contributed by atoms with Crippen LogP contribution in [0.15, 0.2) is 42.5 Å². The highest BCUT2D eigenvalue weighted by atomic mass is 16.5. The van der Waals surface area contributed by atoms with Crippen molar-refractivity contribution in [3.63, 3.8) is 0 Å². The van der Waals surface area contributed by atoms with Gasteiger partial charge in [-0.25, -0.2) is 4.79 Å². The predicted molar refractivity (Wildman–Crippen MR) is 136 cm³/mol. The number of nitrogens with one attached hydrogen (secondary N) is 1. The van der Waals surface area contributed by atoms with E-state index in [-0.39, 0.29) is 18.6 Å². The molecule has 2 unspecified atom stereocenters. The third kappa shape index (κ3) is 6.08. The molecular weight excluding hydrogens is 430 g/mol. The Hall–Kier alpha value is -3.06. The number of anilines is 3. The van der Waals surface area contributed by atoms with Gasteiger partial charge in [-0.05, 0) is 55.5 Å². The summed E-state index contributed by atoms with van der Waals surface area (Å²) >= 11 is 0. The summed E-state index contributed by atoms with van der Waals surface area (Å²) in [6.45, 7) is 8.57. The van der Waals surface area contributed by atoms with E-state index in [1.807, 2.05) is 63.2 Å². The minimum atomic E-state index is -0.872. The number of hydrogen-bond donors (Lipinski definition) is 3. The Morgan fingerprint density at radius 1 is 1.21 bits per heavy atom. The van der Waals surface area contributed by atoms with Crippen molar-refractivity contribution in [2.45, 2.75) is 77.4 Å². The summed E-state index contributed by atoms with van der Waals surface area (Å²) in [7, 11) is 0. The fourth-order valence-electron chi connectivity index (χ4n) is 4.68. The largest absolute Gasteiger partial charge is 0.481 e. The van der Waals surface area contributed by atoms with Crippen LogP contribution >= 0.6 is 0 Å².